The predicted octanol–water partition coefficient (Wildman–Crippen LogP) is 5.13. The van der Waals surface area contributed by atoms with E-state index in [-0.39, 0.29) is 16.6 Å². The number of carbonyl (C=O) groups is 1. The number of hydrogen-bond donors (Lipinski definition) is 1. The standard InChI is InChI=1S/C29H36N2O6S/c1-5-30(6-2)25-14-11-22-18-23(29(33)37-28(22)19-25)12-13-24-15-16-26(38(34,35)36)20-31(24)17-9-7-8-10-27(32)21(3)4/h11-16,18-21H,5-10,17H2,1-4H3/p+1. The zero-order chi connectivity index (χ0) is 27.9. The number of aryl methyl sites for hydroxylation is 1. The minimum Gasteiger partial charge on any atom is -0.422 e. The Kier molecular flexibility index (Phi) is 9.99. The molecule has 0 saturated heterocycles. The van der Waals surface area contributed by atoms with Crippen LogP contribution in [0.1, 0.15) is 64.6 Å². The summed E-state index contributed by atoms with van der Waals surface area (Å²) in [6.07, 6.45) is 7.55. The van der Waals surface area contributed by atoms with E-state index in [1.807, 2.05) is 32.0 Å². The lowest BCUT2D eigenvalue weighted by Gasteiger charge is -2.20. The molecule has 2 aromatic heterocycles. The van der Waals surface area contributed by atoms with Gasteiger partial charge in [0.25, 0.3) is 10.1 Å². The molecule has 0 saturated carbocycles. The van der Waals surface area contributed by atoms with Gasteiger partial charge in [-0.05, 0) is 57.0 Å². The average Bonchev–Trinajstić information content (AvgIpc) is 2.87. The molecule has 9 heteroatoms. The van der Waals surface area contributed by atoms with E-state index in [1.165, 1.54) is 12.3 Å². The Morgan fingerprint density at radius 2 is 1.79 bits per heavy atom. The molecule has 8 nitrogen and oxygen atoms in total. The third-order valence-corrected chi connectivity index (χ3v) is 7.44. The van der Waals surface area contributed by atoms with Crippen molar-refractivity contribution in [3.05, 3.63) is 64.3 Å². The molecule has 2 heterocycles. The van der Waals surface area contributed by atoms with Crippen LogP contribution in [0.25, 0.3) is 23.1 Å². The molecule has 0 aliphatic carbocycles. The lowest BCUT2D eigenvalue weighted by Crippen LogP contribution is -2.37. The third kappa shape index (κ3) is 7.61. The van der Waals surface area contributed by atoms with Crippen LogP contribution in [0, 0.1) is 5.92 Å². The SMILES string of the molecule is CCN(CC)c1ccc2cc(/C=C/c3ccc(S(=O)(=O)O)c[n+]3CCCCCC(=O)C(C)C)c(=O)oc2c1. The number of hydrogen-bond acceptors (Lipinski definition) is 6. The number of anilines is 1. The molecule has 204 valence electrons. The predicted molar refractivity (Wildman–Crippen MR) is 150 cm³/mol. The molecule has 0 atom stereocenters. The van der Waals surface area contributed by atoms with Gasteiger partial charge in [-0.3, -0.25) is 9.35 Å². The van der Waals surface area contributed by atoms with Crippen LogP contribution < -0.4 is 15.1 Å². The lowest BCUT2D eigenvalue weighted by molar-refractivity contribution is -0.700. The summed E-state index contributed by atoms with van der Waals surface area (Å²) in [6, 6.07) is 10.5. The highest BCUT2D eigenvalue weighted by atomic mass is 32.2. The zero-order valence-electron chi connectivity index (χ0n) is 22.5. The van der Waals surface area contributed by atoms with Crippen LogP contribution in [-0.4, -0.2) is 31.8 Å². The maximum atomic E-state index is 12.7. The molecule has 1 N–H and O–H groups in total. The normalized spacial score (nSPS) is 12.1. The molecule has 0 spiro atoms. The van der Waals surface area contributed by atoms with Crippen LogP contribution in [-0.2, 0) is 21.5 Å². The average molecular weight is 542 g/mol. The first-order valence-corrected chi connectivity index (χ1v) is 14.5. The van der Waals surface area contributed by atoms with Gasteiger partial charge in [-0.15, -0.1) is 0 Å². The topological polar surface area (TPSA) is 109 Å². The van der Waals surface area contributed by atoms with E-state index in [0.29, 0.717) is 29.8 Å². The third-order valence-electron chi connectivity index (χ3n) is 6.61. The first-order valence-electron chi connectivity index (χ1n) is 13.1. The highest BCUT2D eigenvalue weighted by Gasteiger charge is 2.18. The quantitative estimate of drug-likeness (QED) is 0.138. The molecule has 0 fully saturated rings. The fraction of sp³-hybridized carbons (Fsp3) is 0.414. The van der Waals surface area contributed by atoms with Crippen molar-refractivity contribution in [2.75, 3.05) is 18.0 Å². The number of unbranched alkanes of at least 4 members (excludes halogenated alkanes) is 2. The van der Waals surface area contributed by atoms with Crippen molar-refractivity contribution in [3.8, 4) is 0 Å². The van der Waals surface area contributed by atoms with Gasteiger partial charge in [-0.2, -0.15) is 13.0 Å². The molecule has 3 aromatic rings. The maximum absolute atomic E-state index is 12.7. The van der Waals surface area contributed by atoms with Gasteiger partial charge in [0.15, 0.2) is 11.1 Å². The number of aromatic nitrogens is 1. The fourth-order valence-corrected chi connectivity index (χ4v) is 4.77. The van der Waals surface area contributed by atoms with Crippen molar-refractivity contribution < 1.29 is 26.7 Å². The Bertz CT molecular complexity index is 1470. The van der Waals surface area contributed by atoms with E-state index >= 15 is 0 Å². The fourth-order valence-electron chi connectivity index (χ4n) is 4.27. The van der Waals surface area contributed by atoms with Crippen LogP contribution in [0.4, 0.5) is 5.69 Å². The van der Waals surface area contributed by atoms with Crippen molar-refractivity contribution in [2.24, 2.45) is 5.92 Å². The number of benzene rings is 1. The Morgan fingerprint density at radius 3 is 2.45 bits per heavy atom. The monoisotopic (exact) mass is 541 g/mol. The number of rotatable bonds is 13. The second kappa shape index (κ2) is 13.0. The van der Waals surface area contributed by atoms with Crippen LogP contribution >= 0.6 is 0 Å². The van der Waals surface area contributed by atoms with Gasteiger partial charge in [-0.25, -0.2) is 4.79 Å². The molecule has 0 amide bonds. The molecular weight excluding hydrogens is 504 g/mol. The van der Waals surface area contributed by atoms with Gasteiger partial charge in [-0.1, -0.05) is 13.8 Å². The molecule has 3 rings (SSSR count). The number of pyridine rings is 1. The highest BCUT2D eigenvalue weighted by Crippen LogP contribution is 2.22. The van der Waals surface area contributed by atoms with Gasteiger partial charge in [0.1, 0.15) is 17.9 Å². The van der Waals surface area contributed by atoms with Gasteiger partial charge in [0.2, 0.25) is 5.69 Å². The molecule has 0 bridgehead atoms. The summed E-state index contributed by atoms with van der Waals surface area (Å²) in [5.41, 5.74) is 2.06. The lowest BCUT2D eigenvalue weighted by atomic mass is 10.0. The van der Waals surface area contributed by atoms with E-state index in [2.05, 4.69) is 18.7 Å². The minimum atomic E-state index is -4.37. The Balaban J connectivity index is 1.84. The second-order valence-corrected chi connectivity index (χ2v) is 11.0. The van der Waals surface area contributed by atoms with E-state index in [0.717, 1.165) is 43.4 Å². The minimum absolute atomic E-state index is 0.0183. The summed E-state index contributed by atoms with van der Waals surface area (Å²) in [4.78, 5) is 26.5. The van der Waals surface area contributed by atoms with Crippen molar-refractivity contribution in [1.29, 1.82) is 0 Å². The largest absolute Gasteiger partial charge is 0.422 e. The zero-order valence-corrected chi connectivity index (χ0v) is 23.3. The van der Waals surface area contributed by atoms with Crippen LogP contribution in [0.15, 0.2) is 56.7 Å². The first-order chi connectivity index (χ1) is 18.0. The van der Waals surface area contributed by atoms with Gasteiger partial charge < -0.3 is 9.32 Å². The van der Waals surface area contributed by atoms with Gasteiger partial charge in [0, 0.05) is 61.1 Å². The number of nitrogens with zero attached hydrogens (tertiary/aromatic N) is 2. The maximum Gasteiger partial charge on any atom is 0.343 e. The smallest absolute Gasteiger partial charge is 0.343 e. The van der Waals surface area contributed by atoms with Gasteiger partial charge in [0.05, 0.1) is 5.56 Å². The summed E-state index contributed by atoms with van der Waals surface area (Å²) >= 11 is 0. The van der Waals surface area contributed by atoms with E-state index in [1.54, 1.807) is 28.9 Å². The Hall–Kier alpha value is -3.30. The molecular formula is C29H37N2O6S+. The first kappa shape index (κ1) is 29.3. The van der Waals surface area contributed by atoms with Crippen LogP contribution in [0.5, 0.6) is 0 Å². The number of ketones is 1. The van der Waals surface area contributed by atoms with Crippen molar-refractivity contribution >= 4 is 44.7 Å². The summed E-state index contributed by atoms with van der Waals surface area (Å²) in [5.74, 6) is 0.248. The molecule has 0 unspecified atom stereocenters. The van der Waals surface area contributed by atoms with Crippen LogP contribution in [0.2, 0.25) is 0 Å². The van der Waals surface area contributed by atoms with Crippen LogP contribution in [0.3, 0.4) is 0 Å². The van der Waals surface area contributed by atoms with Gasteiger partial charge >= 0.3 is 5.63 Å². The van der Waals surface area contributed by atoms with Crippen molar-refractivity contribution in [1.82, 2.24) is 0 Å². The summed E-state index contributed by atoms with van der Waals surface area (Å²) in [6.45, 7) is 10.1. The van der Waals surface area contributed by atoms with Crippen molar-refractivity contribution in [3.63, 3.8) is 0 Å². The summed E-state index contributed by atoms with van der Waals surface area (Å²) < 4.78 is 40.2. The molecule has 0 radical (unpaired) electrons. The van der Waals surface area contributed by atoms with Crippen molar-refractivity contribution in [2.45, 2.75) is 64.8 Å². The highest BCUT2D eigenvalue weighted by molar-refractivity contribution is 7.85. The Morgan fingerprint density at radius 1 is 1.05 bits per heavy atom. The molecule has 38 heavy (non-hydrogen) atoms. The molecule has 0 aliphatic heterocycles. The van der Waals surface area contributed by atoms with E-state index in [4.69, 9.17) is 4.42 Å². The van der Waals surface area contributed by atoms with E-state index in [9.17, 15) is 22.6 Å². The van der Waals surface area contributed by atoms with E-state index < -0.39 is 15.7 Å². The summed E-state index contributed by atoms with van der Waals surface area (Å²) in [5, 5.41) is 0.797. The second-order valence-electron chi connectivity index (χ2n) is 9.61. The summed E-state index contributed by atoms with van der Waals surface area (Å²) in [7, 11) is -4.37. The molecule has 0 aliphatic rings. The number of carbonyl (C=O) groups excluding carboxylic acids is 1. The number of fused-ring (bicyclic) bond motifs is 1. The number of Topliss-reactive ketones (excluding diaryl/α,β-unsaturated/α-hetero) is 1. The Labute approximate surface area is 224 Å². The molecule has 1 aromatic carbocycles.